The first kappa shape index (κ1) is 12.8. The molecule has 0 amide bonds. The fourth-order valence-electron chi connectivity index (χ4n) is 2.26. The molecule has 1 aromatic carbocycles. The summed E-state index contributed by atoms with van der Waals surface area (Å²) < 4.78 is 1.83. The van der Waals surface area contributed by atoms with Crippen molar-refractivity contribution in [3.8, 4) is 0 Å². The summed E-state index contributed by atoms with van der Waals surface area (Å²) in [5.74, 6) is 0. The van der Waals surface area contributed by atoms with Gasteiger partial charge in [0.25, 0.3) is 0 Å². The minimum Gasteiger partial charge on any atom is -0.306 e. The van der Waals surface area contributed by atoms with Crippen molar-refractivity contribution in [1.29, 1.82) is 0 Å². The van der Waals surface area contributed by atoms with E-state index in [-0.39, 0.29) is 0 Å². The molecule has 0 aliphatic heterocycles. The van der Waals surface area contributed by atoms with E-state index in [9.17, 15) is 0 Å². The van der Waals surface area contributed by atoms with Crippen molar-refractivity contribution in [3.05, 3.63) is 65.6 Å². The van der Waals surface area contributed by atoms with Gasteiger partial charge < -0.3 is 5.32 Å². The summed E-state index contributed by atoms with van der Waals surface area (Å²) in [7, 11) is 0. The molecule has 0 aliphatic carbocycles. The van der Waals surface area contributed by atoms with Gasteiger partial charge in [0.15, 0.2) is 5.65 Å². The Hall–Kier alpha value is -2.20. The van der Waals surface area contributed by atoms with E-state index in [1.54, 1.807) is 0 Å². The first-order valence-corrected chi connectivity index (χ1v) is 6.81. The first-order chi connectivity index (χ1) is 9.72. The zero-order valence-electron chi connectivity index (χ0n) is 11.7. The zero-order valence-corrected chi connectivity index (χ0v) is 11.7. The maximum absolute atomic E-state index is 4.41. The van der Waals surface area contributed by atoms with Gasteiger partial charge in [-0.15, -0.1) is 0 Å². The molecule has 4 nitrogen and oxygen atoms in total. The minimum atomic E-state index is 0.311. The topological polar surface area (TPSA) is 42.2 Å². The van der Waals surface area contributed by atoms with Crippen LogP contribution in [0.4, 0.5) is 0 Å². The molecule has 102 valence electrons. The third-order valence-corrected chi connectivity index (χ3v) is 3.40. The van der Waals surface area contributed by atoms with E-state index < -0.39 is 0 Å². The van der Waals surface area contributed by atoms with Crippen LogP contribution >= 0.6 is 0 Å². The van der Waals surface area contributed by atoms with E-state index in [1.165, 1.54) is 5.56 Å². The van der Waals surface area contributed by atoms with Crippen molar-refractivity contribution in [2.75, 3.05) is 0 Å². The standard InChI is InChI=1S/C16H18N4/c1-12-8-16-18-10-14(11-20(16)19-12)9-17-13(2)15-6-4-3-5-7-15/h3-8,10-11,13,17H,9H2,1-2H3. The molecule has 1 N–H and O–H groups in total. The first-order valence-electron chi connectivity index (χ1n) is 6.81. The second-order valence-electron chi connectivity index (χ2n) is 5.06. The Balaban J connectivity index is 1.70. The highest BCUT2D eigenvalue weighted by molar-refractivity contribution is 5.38. The van der Waals surface area contributed by atoms with Gasteiger partial charge in [-0.3, -0.25) is 0 Å². The number of aryl methyl sites for hydroxylation is 1. The molecule has 0 radical (unpaired) electrons. The normalized spacial score (nSPS) is 12.7. The summed E-state index contributed by atoms with van der Waals surface area (Å²) in [5, 5.41) is 7.89. The predicted octanol–water partition coefficient (Wildman–Crippen LogP) is 2.89. The van der Waals surface area contributed by atoms with Crippen LogP contribution in [0.2, 0.25) is 0 Å². The third-order valence-electron chi connectivity index (χ3n) is 3.40. The van der Waals surface area contributed by atoms with Gasteiger partial charge in [0, 0.05) is 36.6 Å². The van der Waals surface area contributed by atoms with Crippen molar-refractivity contribution in [2.45, 2.75) is 26.4 Å². The summed E-state index contributed by atoms with van der Waals surface area (Å²) in [5.41, 5.74) is 4.29. The molecule has 1 unspecified atom stereocenters. The molecule has 0 fully saturated rings. The molecular weight excluding hydrogens is 248 g/mol. The largest absolute Gasteiger partial charge is 0.306 e. The van der Waals surface area contributed by atoms with Crippen LogP contribution < -0.4 is 5.32 Å². The molecule has 0 saturated carbocycles. The number of nitrogens with one attached hydrogen (secondary N) is 1. The Morgan fingerprint density at radius 2 is 2.05 bits per heavy atom. The Bertz CT molecular complexity index is 703. The van der Waals surface area contributed by atoms with Crippen LogP contribution in [-0.4, -0.2) is 14.6 Å². The molecule has 0 spiro atoms. The SMILES string of the molecule is Cc1cc2ncc(CNC(C)c3ccccc3)cn2n1. The Kier molecular flexibility index (Phi) is 3.48. The number of nitrogens with zero attached hydrogens (tertiary/aromatic N) is 3. The molecule has 0 aliphatic rings. The molecular formula is C16H18N4. The molecule has 2 heterocycles. The fourth-order valence-corrected chi connectivity index (χ4v) is 2.26. The monoisotopic (exact) mass is 266 g/mol. The van der Waals surface area contributed by atoms with E-state index in [0.717, 1.165) is 23.4 Å². The Morgan fingerprint density at radius 1 is 1.25 bits per heavy atom. The van der Waals surface area contributed by atoms with Gasteiger partial charge in [0.2, 0.25) is 0 Å². The van der Waals surface area contributed by atoms with E-state index in [2.05, 4.69) is 46.6 Å². The lowest BCUT2D eigenvalue weighted by molar-refractivity contribution is 0.572. The van der Waals surface area contributed by atoms with Crippen LogP contribution in [0.3, 0.4) is 0 Å². The van der Waals surface area contributed by atoms with Crippen molar-refractivity contribution >= 4 is 5.65 Å². The summed E-state index contributed by atoms with van der Waals surface area (Å²) in [6.45, 7) is 4.92. The average Bonchev–Trinajstić information content (AvgIpc) is 2.85. The van der Waals surface area contributed by atoms with Crippen molar-refractivity contribution in [1.82, 2.24) is 19.9 Å². The summed E-state index contributed by atoms with van der Waals surface area (Å²) >= 11 is 0. The highest BCUT2D eigenvalue weighted by Crippen LogP contribution is 2.12. The lowest BCUT2D eigenvalue weighted by Gasteiger charge is -2.14. The maximum atomic E-state index is 4.41. The number of fused-ring (bicyclic) bond motifs is 1. The zero-order chi connectivity index (χ0) is 13.9. The van der Waals surface area contributed by atoms with E-state index in [4.69, 9.17) is 0 Å². The summed E-state index contributed by atoms with van der Waals surface area (Å²) in [4.78, 5) is 4.41. The fraction of sp³-hybridized carbons (Fsp3) is 0.250. The van der Waals surface area contributed by atoms with Gasteiger partial charge in [-0.05, 0) is 19.4 Å². The predicted molar refractivity (Wildman–Crippen MR) is 79.4 cm³/mol. The van der Waals surface area contributed by atoms with E-state index in [0.29, 0.717) is 6.04 Å². The van der Waals surface area contributed by atoms with Crippen LogP contribution in [0, 0.1) is 6.92 Å². The molecule has 1 atom stereocenters. The van der Waals surface area contributed by atoms with Gasteiger partial charge in [0.05, 0.1) is 5.69 Å². The van der Waals surface area contributed by atoms with Gasteiger partial charge in [-0.25, -0.2) is 9.50 Å². The maximum Gasteiger partial charge on any atom is 0.155 e. The molecule has 20 heavy (non-hydrogen) atoms. The van der Waals surface area contributed by atoms with Gasteiger partial charge in [-0.2, -0.15) is 5.10 Å². The van der Waals surface area contributed by atoms with Crippen LogP contribution in [0.15, 0.2) is 48.8 Å². The van der Waals surface area contributed by atoms with Crippen LogP contribution in [0.1, 0.15) is 29.8 Å². The van der Waals surface area contributed by atoms with Crippen molar-refractivity contribution in [3.63, 3.8) is 0 Å². The highest BCUT2D eigenvalue weighted by atomic mass is 15.2. The molecule has 0 bridgehead atoms. The smallest absolute Gasteiger partial charge is 0.155 e. The molecule has 0 saturated heterocycles. The van der Waals surface area contributed by atoms with Crippen LogP contribution in [0.5, 0.6) is 0 Å². The average molecular weight is 266 g/mol. The van der Waals surface area contributed by atoms with Crippen molar-refractivity contribution < 1.29 is 0 Å². The molecule has 3 aromatic rings. The van der Waals surface area contributed by atoms with Gasteiger partial charge >= 0.3 is 0 Å². The second-order valence-corrected chi connectivity index (χ2v) is 5.06. The number of aromatic nitrogens is 3. The summed E-state index contributed by atoms with van der Waals surface area (Å²) in [6, 6.07) is 12.7. The summed E-state index contributed by atoms with van der Waals surface area (Å²) in [6.07, 6.45) is 3.93. The number of benzene rings is 1. The van der Waals surface area contributed by atoms with Gasteiger partial charge in [0.1, 0.15) is 0 Å². The molecule has 2 aromatic heterocycles. The minimum absolute atomic E-state index is 0.311. The molecule has 3 rings (SSSR count). The number of rotatable bonds is 4. The van der Waals surface area contributed by atoms with Crippen LogP contribution in [0.25, 0.3) is 5.65 Å². The highest BCUT2D eigenvalue weighted by Gasteiger charge is 2.05. The van der Waals surface area contributed by atoms with E-state index >= 15 is 0 Å². The lowest BCUT2D eigenvalue weighted by atomic mass is 10.1. The Morgan fingerprint density at radius 3 is 2.85 bits per heavy atom. The number of hydrogen-bond donors (Lipinski definition) is 1. The van der Waals surface area contributed by atoms with Crippen LogP contribution in [-0.2, 0) is 6.54 Å². The lowest BCUT2D eigenvalue weighted by Crippen LogP contribution is -2.18. The molecule has 4 heteroatoms. The Labute approximate surface area is 118 Å². The van der Waals surface area contributed by atoms with E-state index in [1.807, 2.05) is 36.0 Å². The van der Waals surface area contributed by atoms with Gasteiger partial charge in [-0.1, -0.05) is 30.3 Å². The quantitative estimate of drug-likeness (QED) is 0.789. The van der Waals surface area contributed by atoms with Crippen molar-refractivity contribution in [2.24, 2.45) is 0 Å². The second kappa shape index (κ2) is 5.43. The number of hydrogen-bond acceptors (Lipinski definition) is 3. The third kappa shape index (κ3) is 2.70.